The van der Waals surface area contributed by atoms with Crippen molar-refractivity contribution in [3.05, 3.63) is 39.8 Å². The Morgan fingerprint density at radius 3 is 2.54 bits per heavy atom. The van der Waals surface area contributed by atoms with Crippen LogP contribution in [-0.4, -0.2) is 4.98 Å². The number of halogens is 1. The summed E-state index contributed by atoms with van der Waals surface area (Å²) in [5, 5.41) is 1.22. The van der Waals surface area contributed by atoms with Gasteiger partial charge in [0, 0.05) is 10.6 Å². The van der Waals surface area contributed by atoms with Crippen molar-refractivity contribution in [1.82, 2.24) is 4.98 Å². The molecule has 0 bridgehead atoms. The topological polar surface area (TPSA) is 43.1 Å². The van der Waals surface area contributed by atoms with Crippen LogP contribution in [0.4, 0.5) is 0 Å². The summed E-state index contributed by atoms with van der Waals surface area (Å²) in [4.78, 5) is 14.3. The Morgan fingerprint density at radius 1 is 1.31 bits per heavy atom. The SMILES string of the molecule is O=c1nc(-c2ccc(Cl)cc2)so1. The minimum atomic E-state index is -0.560. The number of hydrogen-bond donors (Lipinski definition) is 0. The largest absolute Gasteiger partial charge is 0.451 e. The highest BCUT2D eigenvalue weighted by Gasteiger charge is 2.03. The fraction of sp³-hybridized carbons (Fsp3) is 0. The van der Waals surface area contributed by atoms with Crippen LogP contribution < -0.4 is 5.76 Å². The van der Waals surface area contributed by atoms with Crippen LogP contribution in [0.25, 0.3) is 10.6 Å². The second kappa shape index (κ2) is 3.32. The lowest BCUT2D eigenvalue weighted by Gasteiger charge is -1.92. The summed E-state index contributed by atoms with van der Waals surface area (Å²) in [7, 11) is 0. The molecule has 0 aliphatic rings. The number of benzene rings is 1. The first kappa shape index (κ1) is 8.47. The van der Waals surface area contributed by atoms with Gasteiger partial charge < -0.3 is 3.85 Å². The van der Waals surface area contributed by atoms with E-state index >= 15 is 0 Å². The Labute approximate surface area is 82.8 Å². The van der Waals surface area contributed by atoms with E-state index in [1.807, 2.05) is 0 Å². The average Bonchev–Trinajstić information content (AvgIpc) is 2.53. The molecular weight excluding hydrogens is 210 g/mol. The molecule has 0 atom stereocenters. The number of rotatable bonds is 1. The maximum absolute atomic E-state index is 10.6. The highest BCUT2D eigenvalue weighted by Crippen LogP contribution is 2.21. The summed E-state index contributed by atoms with van der Waals surface area (Å²) in [6, 6.07) is 7.05. The lowest BCUT2D eigenvalue weighted by Crippen LogP contribution is -1.94. The van der Waals surface area contributed by atoms with Crippen LogP contribution in [0.1, 0.15) is 0 Å². The number of nitrogens with zero attached hydrogens (tertiary/aromatic N) is 1. The van der Waals surface area contributed by atoms with Crippen molar-refractivity contribution in [2.75, 3.05) is 0 Å². The Bertz CT molecular complexity index is 459. The van der Waals surface area contributed by atoms with Gasteiger partial charge in [0.25, 0.3) is 0 Å². The molecule has 3 nitrogen and oxygen atoms in total. The van der Waals surface area contributed by atoms with Gasteiger partial charge in [0.2, 0.25) is 0 Å². The van der Waals surface area contributed by atoms with Crippen LogP contribution >= 0.6 is 23.2 Å². The van der Waals surface area contributed by atoms with Crippen molar-refractivity contribution in [3.63, 3.8) is 0 Å². The number of hydrogen-bond acceptors (Lipinski definition) is 4. The summed E-state index contributed by atoms with van der Waals surface area (Å²) in [6.45, 7) is 0. The number of aromatic nitrogens is 1. The first-order valence-electron chi connectivity index (χ1n) is 3.49. The van der Waals surface area contributed by atoms with E-state index in [2.05, 4.69) is 8.83 Å². The molecule has 0 unspecified atom stereocenters. The normalized spacial score (nSPS) is 10.2. The molecule has 2 rings (SSSR count). The molecule has 0 radical (unpaired) electrons. The van der Waals surface area contributed by atoms with Gasteiger partial charge in [-0.25, -0.2) is 4.79 Å². The van der Waals surface area contributed by atoms with E-state index in [-0.39, 0.29) is 0 Å². The molecule has 0 aliphatic heterocycles. The summed E-state index contributed by atoms with van der Waals surface area (Å²) >= 11 is 6.67. The van der Waals surface area contributed by atoms with Gasteiger partial charge >= 0.3 is 5.76 Å². The third kappa shape index (κ3) is 1.79. The highest BCUT2D eigenvalue weighted by atomic mass is 35.5. The monoisotopic (exact) mass is 213 g/mol. The maximum atomic E-state index is 10.6. The third-order valence-electron chi connectivity index (χ3n) is 1.48. The molecule has 2 aromatic rings. The quantitative estimate of drug-likeness (QED) is 0.731. The van der Waals surface area contributed by atoms with Gasteiger partial charge in [-0.1, -0.05) is 23.7 Å². The zero-order chi connectivity index (χ0) is 9.26. The summed E-state index contributed by atoms with van der Waals surface area (Å²) in [5.41, 5.74) is 0.834. The van der Waals surface area contributed by atoms with Crippen molar-refractivity contribution < 1.29 is 3.85 Å². The van der Waals surface area contributed by atoms with Crippen molar-refractivity contribution in [1.29, 1.82) is 0 Å². The van der Waals surface area contributed by atoms with Crippen LogP contribution in [0, 0.1) is 0 Å². The predicted octanol–water partition coefficient (Wildman–Crippen LogP) is 2.42. The van der Waals surface area contributed by atoms with Crippen LogP contribution in [-0.2, 0) is 0 Å². The van der Waals surface area contributed by atoms with Crippen LogP contribution in [0.3, 0.4) is 0 Å². The zero-order valence-corrected chi connectivity index (χ0v) is 7.93. The van der Waals surface area contributed by atoms with Crippen LogP contribution in [0.2, 0.25) is 5.02 Å². The van der Waals surface area contributed by atoms with E-state index in [0.717, 1.165) is 17.2 Å². The molecule has 66 valence electrons. The molecule has 0 aliphatic carbocycles. The third-order valence-corrected chi connectivity index (χ3v) is 2.44. The van der Waals surface area contributed by atoms with E-state index in [0.29, 0.717) is 10.0 Å². The lowest BCUT2D eigenvalue weighted by atomic mass is 10.2. The molecule has 0 N–H and O–H groups in total. The van der Waals surface area contributed by atoms with Gasteiger partial charge in [0.05, 0.1) is 11.6 Å². The molecule has 1 aromatic carbocycles. The van der Waals surface area contributed by atoms with Crippen molar-refractivity contribution in [3.8, 4) is 10.6 Å². The standard InChI is InChI=1S/C8H4ClNO2S/c9-6-3-1-5(2-4-6)7-10-8(11)12-13-7/h1-4H. The first-order valence-corrected chi connectivity index (χ1v) is 4.61. The lowest BCUT2D eigenvalue weighted by molar-refractivity contribution is 0.618. The second-order valence-electron chi connectivity index (χ2n) is 2.36. The van der Waals surface area contributed by atoms with Crippen molar-refractivity contribution in [2.24, 2.45) is 0 Å². The Morgan fingerprint density at radius 2 is 2.00 bits per heavy atom. The first-order chi connectivity index (χ1) is 6.25. The Balaban J connectivity index is 2.47. The zero-order valence-electron chi connectivity index (χ0n) is 6.36. The molecule has 0 saturated heterocycles. The summed E-state index contributed by atoms with van der Waals surface area (Å²) in [5.74, 6) is -0.560. The van der Waals surface area contributed by atoms with E-state index in [1.165, 1.54) is 0 Å². The van der Waals surface area contributed by atoms with Gasteiger partial charge in [0.15, 0.2) is 5.01 Å². The highest BCUT2D eigenvalue weighted by molar-refractivity contribution is 7.06. The molecular formula is C8H4ClNO2S. The van der Waals surface area contributed by atoms with Gasteiger partial charge in [-0.15, -0.1) is 0 Å². The van der Waals surface area contributed by atoms with Crippen LogP contribution in [0.15, 0.2) is 32.9 Å². The van der Waals surface area contributed by atoms with Gasteiger partial charge in [-0.3, -0.25) is 0 Å². The fourth-order valence-corrected chi connectivity index (χ4v) is 1.56. The van der Waals surface area contributed by atoms with Gasteiger partial charge in [0.1, 0.15) is 0 Å². The van der Waals surface area contributed by atoms with Crippen molar-refractivity contribution in [2.45, 2.75) is 0 Å². The minimum absolute atomic E-state index is 0.560. The van der Waals surface area contributed by atoms with Crippen LogP contribution in [0.5, 0.6) is 0 Å². The Hall–Kier alpha value is -1.13. The van der Waals surface area contributed by atoms with Gasteiger partial charge in [-0.05, 0) is 12.1 Å². The molecule has 0 amide bonds. The molecule has 1 heterocycles. The van der Waals surface area contributed by atoms with Crippen molar-refractivity contribution >= 4 is 23.2 Å². The maximum Gasteiger partial charge on any atom is 0.451 e. The fourth-order valence-electron chi connectivity index (χ4n) is 0.900. The van der Waals surface area contributed by atoms with E-state index in [4.69, 9.17) is 11.6 Å². The summed E-state index contributed by atoms with van der Waals surface area (Å²) < 4.78 is 4.59. The molecule has 0 spiro atoms. The van der Waals surface area contributed by atoms with E-state index in [1.54, 1.807) is 24.3 Å². The Kier molecular flexibility index (Phi) is 2.16. The molecule has 13 heavy (non-hydrogen) atoms. The molecule has 1 aromatic heterocycles. The van der Waals surface area contributed by atoms with E-state index < -0.39 is 5.76 Å². The van der Waals surface area contributed by atoms with Gasteiger partial charge in [-0.2, -0.15) is 4.98 Å². The predicted molar refractivity (Wildman–Crippen MR) is 51.1 cm³/mol. The smallest absolute Gasteiger partial charge is 0.345 e. The minimum Gasteiger partial charge on any atom is -0.345 e. The van der Waals surface area contributed by atoms with E-state index in [9.17, 15) is 4.79 Å². The molecule has 0 saturated carbocycles. The molecule has 5 heteroatoms. The average molecular weight is 214 g/mol. The second-order valence-corrected chi connectivity index (χ2v) is 3.51. The summed E-state index contributed by atoms with van der Waals surface area (Å²) in [6.07, 6.45) is 0. The molecule has 0 fully saturated rings.